The van der Waals surface area contributed by atoms with Crippen molar-refractivity contribution in [2.45, 2.75) is 25.9 Å². The van der Waals surface area contributed by atoms with Gasteiger partial charge in [0.2, 0.25) is 5.91 Å². The van der Waals surface area contributed by atoms with E-state index in [1.54, 1.807) is 24.1 Å². The second-order valence-electron chi connectivity index (χ2n) is 5.64. The van der Waals surface area contributed by atoms with Gasteiger partial charge in [-0.2, -0.15) is 0 Å². The molecule has 2 aromatic rings. The molecular formula is C15H16FN3O. The summed E-state index contributed by atoms with van der Waals surface area (Å²) < 4.78 is 14.9. The van der Waals surface area contributed by atoms with Gasteiger partial charge in [-0.25, -0.2) is 9.37 Å². The van der Waals surface area contributed by atoms with Crippen LogP contribution in [0.15, 0.2) is 30.5 Å². The van der Waals surface area contributed by atoms with E-state index in [0.29, 0.717) is 6.54 Å². The standard InChI is InChI=1S/C15H16FN3O/c1-15(2)14(20)18(3)9-13-17-12(8-19(13)15)10-4-6-11(16)7-5-10/h4-8H,9H2,1-3H3. The highest BCUT2D eigenvalue weighted by Gasteiger charge is 2.39. The maximum atomic E-state index is 13.0. The highest BCUT2D eigenvalue weighted by Crippen LogP contribution is 2.30. The van der Waals surface area contributed by atoms with E-state index in [9.17, 15) is 9.18 Å². The van der Waals surface area contributed by atoms with Crippen molar-refractivity contribution < 1.29 is 9.18 Å². The molecule has 1 amide bonds. The topological polar surface area (TPSA) is 38.1 Å². The van der Waals surface area contributed by atoms with Crippen molar-refractivity contribution in [2.75, 3.05) is 7.05 Å². The van der Waals surface area contributed by atoms with E-state index in [1.807, 2.05) is 24.6 Å². The van der Waals surface area contributed by atoms with Gasteiger partial charge in [0.25, 0.3) is 0 Å². The van der Waals surface area contributed by atoms with Gasteiger partial charge in [0, 0.05) is 18.8 Å². The average molecular weight is 273 g/mol. The van der Waals surface area contributed by atoms with Gasteiger partial charge in [-0.1, -0.05) is 0 Å². The van der Waals surface area contributed by atoms with Crippen molar-refractivity contribution in [3.05, 3.63) is 42.1 Å². The summed E-state index contributed by atoms with van der Waals surface area (Å²) in [6, 6.07) is 6.22. The number of likely N-dealkylation sites (N-methyl/N-ethyl adjacent to an activating group) is 1. The molecule has 2 heterocycles. The smallest absolute Gasteiger partial charge is 0.248 e. The molecule has 0 radical (unpaired) electrons. The van der Waals surface area contributed by atoms with Crippen molar-refractivity contribution in [2.24, 2.45) is 0 Å². The van der Waals surface area contributed by atoms with Gasteiger partial charge >= 0.3 is 0 Å². The van der Waals surface area contributed by atoms with E-state index < -0.39 is 5.54 Å². The number of carbonyl (C=O) groups excluding carboxylic acids is 1. The van der Waals surface area contributed by atoms with E-state index >= 15 is 0 Å². The van der Waals surface area contributed by atoms with Crippen molar-refractivity contribution in [1.29, 1.82) is 0 Å². The molecule has 20 heavy (non-hydrogen) atoms. The van der Waals surface area contributed by atoms with E-state index in [1.165, 1.54) is 12.1 Å². The minimum absolute atomic E-state index is 0.0630. The quantitative estimate of drug-likeness (QED) is 0.800. The van der Waals surface area contributed by atoms with Crippen LogP contribution in [0.3, 0.4) is 0 Å². The zero-order valence-electron chi connectivity index (χ0n) is 11.7. The third kappa shape index (κ3) is 1.81. The molecule has 0 atom stereocenters. The van der Waals surface area contributed by atoms with Gasteiger partial charge in [0.15, 0.2) is 0 Å². The summed E-state index contributed by atoms with van der Waals surface area (Å²) in [5.74, 6) is 0.637. The Labute approximate surface area is 116 Å². The number of rotatable bonds is 1. The summed E-state index contributed by atoms with van der Waals surface area (Å²) in [5, 5.41) is 0. The summed E-state index contributed by atoms with van der Waals surface area (Å²) in [5.41, 5.74) is 0.962. The van der Waals surface area contributed by atoms with E-state index in [-0.39, 0.29) is 11.7 Å². The van der Waals surface area contributed by atoms with Crippen molar-refractivity contribution in [3.8, 4) is 11.3 Å². The number of hydrogen-bond donors (Lipinski definition) is 0. The molecule has 5 heteroatoms. The second-order valence-corrected chi connectivity index (χ2v) is 5.64. The summed E-state index contributed by atoms with van der Waals surface area (Å²) in [7, 11) is 1.78. The minimum Gasteiger partial charge on any atom is -0.336 e. The lowest BCUT2D eigenvalue weighted by Crippen LogP contribution is -2.50. The first-order valence-electron chi connectivity index (χ1n) is 6.50. The summed E-state index contributed by atoms with van der Waals surface area (Å²) >= 11 is 0. The molecule has 1 aromatic carbocycles. The van der Waals surface area contributed by atoms with E-state index in [0.717, 1.165) is 17.1 Å². The lowest BCUT2D eigenvalue weighted by Gasteiger charge is -2.36. The molecule has 4 nitrogen and oxygen atoms in total. The number of fused-ring (bicyclic) bond motifs is 1. The summed E-state index contributed by atoms with van der Waals surface area (Å²) in [6.07, 6.45) is 1.87. The molecule has 0 spiro atoms. The molecule has 1 aliphatic rings. The fraction of sp³-hybridized carbons (Fsp3) is 0.333. The molecule has 0 unspecified atom stereocenters. The Balaban J connectivity index is 2.09. The largest absolute Gasteiger partial charge is 0.336 e. The van der Waals surface area contributed by atoms with Crippen LogP contribution in [0.1, 0.15) is 19.7 Å². The van der Waals surface area contributed by atoms with Crippen LogP contribution < -0.4 is 0 Å². The number of hydrogen-bond acceptors (Lipinski definition) is 2. The lowest BCUT2D eigenvalue weighted by molar-refractivity contribution is -0.140. The molecule has 0 N–H and O–H groups in total. The van der Waals surface area contributed by atoms with Crippen LogP contribution in [0.2, 0.25) is 0 Å². The fourth-order valence-corrected chi connectivity index (χ4v) is 2.63. The van der Waals surface area contributed by atoms with Crippen LogP contribution in [0.5, 0.6) is 0 Å². The summed E-state index contributed by atoms with van der Waals surface area (Å²) in [4.78, 5) is 18.5. The number of aromatic nitrogens is 2. The van der Waals surface area contributed by atoms with Crippen molar-refractivity contribution in [1.82, 2.24) is 14.5 Å². The van der Waals surface area contributed by atoms with Crippen LogP contribution in [-0.2, 0) is 16.9 Å². The molecule has 1 aliphatic heterocycles. The van der Waals surface area contributed by atoms with Crippen LogP contribution in [0, 0.1) is 5.82 Å². The molecule has 1 aromatic heterocycles. The van der Waals surface area contributed by atoms with Crippen LogP contribution >= 0.6 is 0 Å². The third-order valence-electron chi connectivity index (χ3n) is 3.77. The monoisotopic (exact) mass is 273 g/mol. The van der Waals surface area contributed by atoms with Gasteiger partial charge in [-0.15, -0.1) is 0 Å². The number of halogens is 1. The Kier molecular flexibility index (Phi) is 2.67. The number of amides is 1. The predicted molar refractivity (Wildman–Crippen MR) is 73.4 cm³/mol. The molecular weight excluding hydrogens is 257 g/mol. The van der Waals surface area contributed by atoms with Gasteiger partial charge < -0.3 is 9.47 Å². The number of imidazole rings is 1. The lowest BCUT2D eigenvalue weighted by atomic mass is 10.0. The number of benzene rings is 1. The Bertz CT molecular complexity index is 673. The average Bonchev–Trinajstić information content (AvgIpc) is 2.82. The maximum Gasteiger partial charge on any atom is 0.248 e. The Morgan fingerprint density at radius 1 is 1.25 bits per heavy atom. The molecule has 0 bridgehead atoms. The Morgan fingerprint density at radius 3 is 2.55 bits per heavy atom. The Morgan fingerprint density at radius 2 is 1.90 bits per heavy atom. The maximum absolute atomic E-state index is 13.0. The molecule has 0 fully saturated rings. The molecule has 0 saturated heterocycles. The molecule has 3 rings (SSSR count). The highest BCUT2D eigenvalue weighted by molar-refractivity contribution is 5.84. The van der Waals surface area contributed by atoms with Crippen LogP contribution in [0.4, 0.5) is 4.39 Å². The first kappa shape index (κ1) is 12.8. The van der Waals surface area contributed by atoms with E-state index in [4.69, 9.17) is 0 Å². The normalized spacial score (nSPS) is 17.2. The van der Waals surface area contributed by atoms with Crippen LogP contribution in [-0.4, -0.2) is 27.4 Å². The minimum atomic E-state index is -0.645. The van der Waals surface area contributed by atoms with Crippen molar-refractivity contribution >= 4 is 5.91 Å². The number of nitrogens with zero attached hydrogens (tertiary/aromatic N) is 3. The van der Waals surface area contributed by atoms with Gasteiger partial charge in [-0.05, 0) is 38.1 Å². The molecule has 104 valence electrons. The van der Waals surface area contributed by atoms with Gasteiger partial charge in [0.1, 0.15) is 17.2 Å². The first-order valence-corrected chi connectivity index (χ1v) is 6.50. The predicted octanol–water partition coefficient (Wildman–Crippen LogP) is 2.40. The van der Waals surface area contributed by atoms with E-state index in [2.05, 4.69) is 4.98 Å². The zero-order chi connectivity index (χ0) is 14.5. The second kappa shape index (κ2) is 4.16. The molecule has 0 aliphatic carbocycles. The highest BCUT2D eigenvalue weighted by atomic mass is 19.1. The summed E-state index contributed by atoms with van der Waals surface area (Å²) in [6.45, 7) is 4.25. The van der Waals surface area contributed by atoms with Crippen molar-refractivity contribution in [3.63, 3.8) is 0 Å². The SMILES string of the molecule is CN1Cc2nc(-c3ccc(F)cc3)cn2C(C)(C)C1=O. The Hall–Kier alpha value is -2.17. The van der Waals surface area contributed by atoms with Gasteiger partial charge in [0.05, 0.1) is 12.2 Å². The fourth-order valence-electron chi connectivity index (χ4n) is 2.63. The number of carbonyl (C=O) groups is 1. The zero-order valence-corrected chi connectivity index (χ0v) is 11.7. The molecule has 0 saturated carbocycles. The third-order valence-corrected chi connectivity index (χ3v) is 3.77. The first-order chi connectivity index (χ1) is 9.39. The van der Waals surface area contributed by atoms with Crippen LogP contribution in [0.25, 0.3) is 11.3 Å². The van der Waals surface area contributed by atoms with Gasteiger partial charge in [-0.3, -0.25) is 4.79 Å².